The van der Waals surface area contributed by atoms with E-state index in [1.54, 1.807) is 0 Å². The Labute approximate surface area is 167 Å². The number of benzene rings is 2. The first-order valence-electron chi connectivity index (χ1n) is 9.69. The number of nitrogens with zero attached hydrogens (tertiary/aromatic N) is 1. The maximum Gasteiger partial charge on any atom is 0.130 e. The van der Waals surface area contributed by atoms with E-state index in [0.717, 1.165) is 48.7 Å². The number of rotatable bonds is 4. The zero-order valence-corrected chi connectivity index (χ0v) is 16.5. The van der Waals surface area contributed by atoms with Crippen molar-refractivity contribution >= 4 is 22.8 Å². The number of para-hydroxylation sites is 1. The molecule has 2 unspecified atom stereocenters. The summed E-state index contributed by atoms with van der Waals surface area (Å²) in [6.07, 6.45) is 5.65. The summed E-state index contributed by atoms with van der Waals surface area (Å²) in [7, 11) is 2.07. The van der Waals surface area contributed by atoms with E-state index in [2.05, 4.69) is 59.7 Å². The molecule has 2 aromatic carbocycles. The summed E-state index contributed by atoms with van der Waals surface area (Å²) < 4.78 is 6.33. The topological polar surface area (TPSA) is 24.5 Å². The van der Waals surface area contributed by atoms with E-state index in [-0.39, 0.29) is 6.10 Å². The zero-order valence-electron chi connectivity index (χ0n) is 15.7. The van der Waals surface area contributed by atoms with Crippen LogP contribution >= 0.6 is 12.2 Å². The molecule has 0 aromatic heterocycles. The highest BCUT2D eigenvalue weighted by atomic mass is 32.1. The smallest absolute Gasteiger partial charge is 0.130 e. The van der Waals surface area contributed by atoms with Crippen LogP contribution in [0.25, 0.3) is 5.57 Å². The lowest BCUT2D eigenvalue weighted by Crippen LogP contribution is -2.37. The number of ether oxygens (including phenoxy) is 1. The number of thiocarbonyl (C=S) groups is 1. The summed E-state index contributed by atoms with van der Waals surface area (Å²) in [5.41, 5.74) is 3.82. The summed E-state index contributed by atoms with van der Waals surface area (Å²) in [5.74, 6) is 0.915. The summed E-state index contributed by atoms with van der Waals surface area (Å²) in [6, 6.07) is 19.3. The monoisotopic (exact) mass is 378 g/mol. The average molecular weight is 379 g/mol. The number of fused-ring (bicyclic) bond motifs is 1. The number of likely N-dealkylation sites (N-methyl/N-ethyl adjacent to an activating group) is 1. The zero-order chi connectivity index (χ0) is 18.6. The minimum absolute atomic E-state index is 0.157. The van der Waals surface area contributed by atoms with Gasteiger partial charge in [-0.25, -0.2) is 0 Å². The fourth-order valence-corrected chi connectivity index (χ4v) is 4.20. The van der Waals surface area contributed by atoms with Crippen molar-refractivity contribution in [2.24, 2.45) is 0 Å². The predicted molar refractivity (Wildman–Crippen MR) is 115 cm³/mol. The first-order chi connectivity index (χ1) is 13.2. The van der Waals surface area contributed by atoms with Gasteiger partial charge in [-0.2, -0.15) is 0 Å². The van der Waals surface area contributed by atoms with Crippen LogP contribution in [0.5, 0.6) is 5.75 Å². The van der Waals surface area contributed by atoms with E-state index in [0.29, 0.717) is 6.04 Å². The van der Waals surface area contributed by atoms with Gasteiger partial charge in [0.2, 0.25) is 0 Å². The van der Waals surface area contributed by atoms with Crippen molar-refractivity contribution in [3.05, 3.63) is 71.8 Å². The van der Waals surface area contributed by atoms with Gasteiger partial charge in [0.05, 0.1) is 12.1 Å². The molecule has 2 aliphatic heterocycles. The molecule has 0 amide bonds. The van der Waals surface area contributed by atoms with E-state index in [9.17, 15) is 0 Å². The van der Waals surface area contributed by atoms with Gasteiger partial charge in [-0.15, -0.1) is 0 Å². The Morgan fingerprint density at radius 3 is 2.70 bits per heavy atom. The van der Waals surface area contributed by atoms with Gasteiger partial charge >= 0.3 is 0 Å². The molecule has 0 radical (unpaired) electrons. The van der Waals surface area contributed by atoms with Crippen LogP contribution in [0.15, 0.2) is 60.7 Å². The van der Waals surface area contributed by atoms with E-state index in [4.69, 9.17) is 17.0 Å². The third-order valence-corrected chi connectivity index (χ3v) is 5.97. The van der Waals surface area contributed by atoms with Gasteiger partial charge in [0.15, 0.2) is 0 Å². The second kappa shape index (κ2) is 8.24. The Kier molecular flexibility index (Phi) is 5.55. The van der Waals surface area contributed by atoms with Gasteiger partial charge in [-0.05, 0) is 42.5 Å². The molecule has 4 heteroatoms. The Hall–Kier alpha value is -2.17. The van der Waals surface area contributed by atoms with Gasteiger partial charge in [-0.1, -0.05) is 60.8 Å². The lowest BCUT2D eigenvalue weighted by Gasteiger charge is -2.27. The summed E-state index contributed by atoms with van der Waals surface area (Å²) >= 11 is 5.63. The second-order valence-corrected chi connectivity index (χ2v) is 7.79. The molecule has 2 aliphatic rings. The second-order valence-electron chi connectivity index (χ2n) is 7.40. The van der Waals surface area contributed by atoms with Crippen LogP contribution in [0.4, 0.5) is 0 Å². The highest BCUT2D eigenvalue weighted by Crippen LogP contribution is 2.28. The predicted octanol–water partition coefficient (Wildman–Crippen LogP) is 4.28. The van der Waals surface area contributed by atoms with Crippen molar-refractivity contribution in [1.29, 1.82) is 0 Å². The number of hydrogen-bond acceptors (Lipinski definition) is 3. The average Bonchev–Trinajstić information content (AvgIpc) is 2.84. The molecule has 2 heterocycles. The summed E-state index contributed by atoms with van der Waals surface area (Å²) in [4.78, 5) is 3.02. The van der Waals surface area contributed by atoms with Crippen LogP contribution in [0.1, 0.15) is 30.4 Å². The molecular weight excluding hydrogens is 352 g/mol. The van der Waals surface area contributed by atoms with Crippen LogP contribution in [-0.2, 0) is 0 Å². The van der Waals surface area contributed by atoms with Gasteiger partial charge < -0.3 is 15.0 Å². The van der Waals surface area contributed by atoms with Crippen molar-refractivity contribution in [3.8, 4) is 5.75 Å². The fraction of sp³-hybridized carbons (Fsp3) is 0.348. The van der Waals surface area contributed by atoms with Gasteiger partial charge in [0.1, 0.15) is 16.8 Å². The van der Waals surface area contributed by atoms with Crippen LogP contribution in [0, 0.1) is 0 Å². The first kappa shape index (κ1) is 18.2. The molecule has 4 rings (SSSR count). The van der Waals surface area contributed by atoms with E-state index >= 15 is 0 Å². The number of nitrogens with one attached hydrogen (secondary N) is 1. The number of hydrogen-bond donors (Lipinski definition) is 1. The SMILES string of the molecule is CN1CC(CCC2CC(c3ccccc3)=CCN2)Oc2ccccc2C1=S. The third kappa shape index (κ3) is 4.23. The summed E-state index contributed by atoms with van der Waals surface area (Å²) in [6.45, 7) is 1.77. The fourth-order valence-electron chi connectivity index (χ4n) is 3.96. The Morgan fingerprint density at radius 1 is 1.07 bits per heavy atom. The molecular formula is C23H26N2OS. The highest BCUT2D eigenvalue weighted by molar-refractivity contribution is 7.80. The Morgan fingerprint density at radius 2 is 1.85 bits per heavy atom. The van der Waals surface area contributed by atoms with E-state index in [1.807, 2.05) is 18.2 Å². The molecule has 0 fully saturated rings. The molecule has 3 nitrogen and oxygen atoms in total. The van der Waals surface area contributed by atoms with Gasteiger partial charge in [0.25, 0.3) is 0 Å². The van der Waals surface area contributed by atoms with Crippen molar-refractivity contribution in [1.82, 2.24) is 10.2 Å². The first-order valence-corrected chi connectivity index (χ1v) is 10.1. The molecule has 0 bridgehead atoms. The highest BCUT2D eigenvalue weighted by Gasteiger charge is 2.25. The Bertz CT molecular complexity index is 833. The maximum absolute atomic E-state index is 6.33. The van der Waals surface area contributed by atoms with Crippen molar-refractivity contribution in [3.63, 3.8) is 0 Å². The quantitative estimate of drug-likeness (QED) is 0.803. The molecule has 2 aromatic rings. The molecule has 0 spiro atoms. The molecule has 2 atom stereocenters. The van der Waals surface area contributed by atoms with Crippen LogP contribution in [0.3, 0.4) is 0 Å². The summed E-state index contributed by atoms with van der Waals surface area (Å²) in [5, 5.41) is 3.64. The molecule has 0 saturated carbocycles. The minimum atomic E-state index is 0.157. The molecule has 0 aliphatic carbocycles. The Balaban J connectivity index is 1.39. The van der Waals surface area contributed by atoms with Crippen molar-refractivity contribution < 1.29 is 4.74 Å². The largest absolute Gasteiger partial charge is 0.488 e. The van der Waals surface area contributed by atoms with Gasteiger partial charge in [-0.3, -0.25) is 0 Å². The van der Waals surface area contributed by atoms with E-state index in [1.165, 1.54) is 11.1 Å². The molecule has 1 N–H and O–H groups in total. The normalized spacial score (nSPS) is 22.5. The third-order valence-electron chi connectivity index (χ3n) is 5.44. The van der Waals surface area contributed by atoms with E-state index < -0.39 is 0 Å². The lowest BCUT2D eigenvalue weighted by molar-refractivity contribution is 0.165. The molecule has 140 valence electrons. The minimum Gasteiger partial charge on any atom is -0.488 e. The molecule has 27 heavy (non-hydrogen) atoms. The van der Waals surface area contributed by atoms with Crippen LogP contribution in [-0.4, -0.2) is 42.2 Å². The standard InChI is InChI=1S/C23H26N2OS/c1-25-16-20(26-22-10-6-5-9-21(22)23(25)27)12-11-19-15-18(13-14-24-19)17-7-3-2-4-8-17/h2-10,13,19-20,24H,11-12,14-16H2,1H3. The maximum atomic E-state index is 6.33. The lowest BCUT2D eigenvalue weighted by atomic mass is 9.92. The van der Waals surface area contributed by atoms with Crippen LogP contribution < -0.4 is 10.1 Å². The van der Waals surface area contributed by atoms with Crippen molar-refractivity contribution in [2.45, 2.75) is 31.4 Å². The van der Waals surface area contributed by atoms with Crippen LogP contribution in [0.2, 0.25) is 0 Å². The molecule has 0 saturated heterocycles. The van der Waals surface area contributed by atoms with Gasteiger partial charge in [0, 0.05) is 19.6 Å². The van der Waals surface area contributed by atoms with Crippen molar-refractivity contribution in [2.75, 3.05) is 20.1 Å².